The predicted octanol–water partition coefficient (Wildman–Crippen LogP) is 1.90. The van der Waals surface area contributed by atoms with E-state index in [1.807, 2.05) is 6.92 Å². The maximum absolute atomic E-state index is 10.2. The summed E-state index contributed by atoms with van der Waals surface area (Å²) in [6, 6.07) is 0. The lowest BCUT2D eigenvalue weighted by molar-refractivity contribution is -0.472. The summed E-state index contributed by atoms with van der Waals surface area (Å²) in [5.74, 6) is 0.412. The lowest BCUT2D eigenvalue weighted by Crippen LogP contribution is -2.17. The van der Waals surface area contributed by atoms with Crippen LogP contribution in [0.2, 0.25) is 0 Å². The summed E-state index contributed by atoms with van der Waals surface area (Å²) in [4.78, 5) is 9.84. The minimum atomic E-state index is -0.382. The lowest BCUT2D eigenvalue weighted by Gasteiger charge is -2.19. The van der Waals surface area contributed by atoms with Crippen LogP contribution < -0.4 is 0 Å². The van der Waals surface area contributed by atoms with E-state index in [0.29, 0.717) is 12.0 Å². The molecule has 0 aromatic carbocycles. The fourth-order valence-electron chi connectivity index (χ4n) is 1.58. The molecule has 1 rings (SSSR count). The summed E-state index contributed by atoms with van der Waals surface area (Å²) in [6.45, 7) is 1.72. The molecule has 0 saturated carbocycles. The zero-order valence-electron chi connectivity index (χ0n) is 7.12. The Labute approximate surface area is 71.0 Å². The second-order valence-corrected chi connectivity index (χ2v) is 3.26. The van der Waals surface area contributed by atoms with Gasteiger partial charge in [0.2, 0.25) is 6.54 Å². The van der Waals surface area contributed by atoms with E-state index in [4.69, 9.17) is 0 Å². The molecular formula is C8H13NO3. The average Bonchev–Trinajstić information content (AvgIpc) is 1.97. The number of aliphatic hydroxyl groups excluding tert-OH is 1. The van der Waals surface area contributed by atoms with Crippen LogP contribution in [-0.2, 0) is 0 Å². The van der Waals surface area contributed by atoms with E-state index < -0.39 is 0 Å². The summed E-state index contributed by atoms with van der Waals surface area (Å²) in [5.41, 5.74) is 0.617. The SMILES string of the molecule is C[C@H]1CCCC(O)=C1C[N+](=O)[O-]. The van der Waals surface area contributed by atoms with Crippen molar-refractivity contribution in [1.29, 1.82) is 0 Å². The van der Waals surface area contributed by atoms with Crippen LogP contribution in [0.5, 0.6) is 0 Å². The van der Waals surface area contributed by atoms with E-state index in [2.05, 4.69) is 0 Å². The maximum Gasteiger partial charge on any atom is 0.228 e. The van der Waals surface area contributed by atoms with Crippen LogP contribution in [0.3, 0.4) is 0 Å². The molecule has 0 fully saturated rings. The van der Waals surface area contributed by atoms with Crippen LogP contribution in [0.4, 0.5) is 0 Å². The molecule has 0 unspecified atom stereocenters. The highest BCUT2D eigenvalue weighted by Gasteiger charge is 2.22. The Balaban J connectivity index is 2.74. The normalized spacial score (nSPS) is 24.2. The first-order chi connectivity index (χ1) is 5.61. The number of hydrogen-bond acceptors (Lipinski definition) is 3. The van der Waals surface area contributed by atoms with E-state index in [1.165, 1.54) is 0 Å². The van der Waals surface area contributed by atoms with Crippen LogP contribution in [0.25, 0.3) is 0 Å². The summed E-state index contributed by atoms with van der Waals surface area (Å²) in [7, 11) is 0. The molecule has 12 heavy (non-hydrogen) atoms. The van der Waals surface area contributed by atoms with Crippen molar-refractivity contribution in [2.45, 2.75) is 26.2 Å². The second kappa shape index (κ2) is 3.56. The molecule has 1 aliphatic carbocycles. The van der Waals surface area contributed by atoms with Crippen LogP contribution in [0.1, 0.15) is 26.2 Å². The van der Waals surface area contributed by atoms with E-state index in [1.54, 1.807) is 0 Å². The van der Waals surface area contributed by atoms with Crippen molar-refractivity contribution >= 4 is 0 Å². The third kappa shape index (κ3) is 1.96. The van der Waals surface area contributed by atoms with Gasteiger partial charge in [-0.1, -0.05) is 6.92 Å². The van der Waals surface area contributed by atoms with E-state index in [0.717, 1.165) is 12.8 Å². The highest BCUT2D eigenvalue weighted by Crippen LogP contribution is 2.28. The number of allylic oxidation sites excluding steroid dienone is 1. The third-order valence-corrected chi connectivity index (χ3v) is 2.32. The first-order valence-electron chi connectivity index (χ1n) is 4.14. The molecule has 0 heterocycles. The largest absolute Gasteiger partial charge is 0.512 e. The van der Waals surface area contributed by atoms with Crippen LogP contribution in [-0.4, -0.2) is 16.6 Å². The first kappa shape index (κ1) is 9.03. The van der Waals surface area contributed by atoms with Crippen molar-refractivity contribution in [2.24, 2.45) is 5.92 Å². The fourth-order valence-corrected chi connectivity index (χ4v) is 1.58. The van der Waals surface area contributed by atoms with Crippen LogP contribution in [0.15, 0.2) is 11.3 Å². The standard InChI is InChI=1S/C8H13NO3/c1-6-3-2-4-8(10)7(6)5-9(11)12/h6,10H,2-5H2,1H3/t6-/m0/s1. The monoisotopic (exact) mass is 171 g/mol. The van der Waals surface area contributed by atoms with Gasteiger partial charge in [-0.25, -0.2) is 0 Å². The Hall–Kier alpha value is -1.06. The highest BCUT2D eigenvalue weighted by molar-refractivity contribution is 5.13. The Morgan fingerprint density at radius 3 is 2.92 bits per heavy atom. The van der Waals surface area contributed by atoms with Crippen molar-refractivity contribution in [1.82, 2.24) is 0 Å². The molecule has 0 aromatic heterocycles. The van der Waals surface area contributed by atoms with Crippen molar-refractivity contribution < 1.29 is 10.0 Å². The molecule has 0 saturated heterocycles. The van der Waals surface area contributed by atoms with E-state index in [-0.39, 0.29) is 23.1 Å². The first-order valence-corrected chi connectivity index (χ1v) is 4.14. The molecule has 0 spiro atoms. The van der Waals surface area contributed by atoms with Crippen molar-refractivity contribution in [3.8, 4) is 0 Å². The van der Waals surface area contributed by atoms with Gasteiger partial charge in [-0.15, -0.1) is 0 Å². The fraction of sp³-hybridized carbons (Fsp3) is 0.750. The molecule has 0 radical (unpaired) electrons. The van der Waals surface area contributed by atoms with E-state index >= 15 is 0 Å². The third-order valence-electron chi connectivity index (χ3n) is 2.32. The molecule has 1 aliphatic rings. The van der Waals surface area contributed by atoms with Gasteiger partial charge in [0.1, 0.15) is 0 Å². The highest BCUT2D eigenvalue weighted by atomic mass is 16.6. The molecule has 1 N–H and O–H groups in total. The average molecular weight is 171 g/mol. The van der Waals surface area contributed by atoms with Crippen molar-refractivity contribution in [2.75, 3.05) is 6.54 Å². The van der Waals surface area contributed by atoms with Gasteiger partial charge in [-0.3, -0.25) is 10.1 Å². The van der Waals surface area contributed by atoms with Crippen LogP contribution in [0, 0.1) is 16.0 Å². The van der Waals surface area contributed by atoms with Gasteiger partial charge >= 0.3 is 0 Å². The Morgan fingerprint density at radius 1 is 1.75 bits per heavy atom. The number of hydrogen-bond donors (Lipinski definition) is 1. The van der Waals surface area contributed by atoms with E-state index in [9.17, 15) is 15.2 Å². The number of aliphatic hydroxyl groups is 1. The summed E-state index contributed by atoms with van der Waals surface area (Å²) in [6.07, 6.45) is 2.50. The van der Waals surface area contributed by atoms with Gasteiger partial charge < -0.3 is 5.11 Å². The molecule has 0 amide bonds. The molecule has 68 valence electrons. The number of rotatable bonds is 2. The summed E-state index contributed by atoms with van der Waals surface area (Å²) >= 11 is 0. The molecule has 0 bridgehead atoms. The van der Waals surface area contributed by atoms with Gasteiger partial charge in [-0.05, 0) is 18.8 Å². The number of nitrogens with zero attached hydrogens (tertiary/aromatic N) is 1. The Bertz CT molecular complexity index is 222. The molecule has 4 nitrogen and oxygen atoms in total. The molecule has 1 atom stereocenters. The van der Waals surface area contributed by atoms with Crippen molar-refractivity contribution in [3.63, 3.8) is 0 Å². The minimum absolute atomic E-state index is 0.171. The summed E-state index contributed by atoms with van der Waals surface area (Å²) < 4.78 is 0. The van der Waals surface area contributed by atoms with Crippen molar-refractivity contribution in [3.05, 3.63) is 21.4 Å². The van der Waals surface area contributed by atoms with Gasteiger partial charge in [-0.2, -0.15) is 0 Å². The smallest absolute Gasteiger partial charge is 0.228 e. The second-order valence-electron chi connectivity index (χ2n) is 3.26. The Morgan fingerprint density at radius 2 is 2.42 bits per heavy atom. The minimum Gasteiger partial charge on any atom is -0.512 e. The summed E-state index contributed by atoms with van der Waals surface area (Å²) in [5, 5.41) is 19.6. The van der Waals surface area contributed by atoms with Gasteiger partial charge in [0.25, 0.3) is 0 Å². The van der Waals surface area contributed by atoms with Crippen LogP contribution >= 0.6 is 0 Å². The molecular weight excluding hydrogens is 158 g/mol. The van der Waals surface area contributed by atoms with Gasteiger partial charge in [0.15, 0.2) is 0 Å². The predicted molar refractivity (Wildman–Crippen MR) is 44.5 cm³/mol. The van der Waals surface area contributed by atoms with Gasteiger partial charge in [0, 0.05) is 16.9 Å². The topological polar surface area (TPSA) is 63.4 Å². The number of nitro groups is 1. The molecule has 4 heteroatoms. The maximum atomic E-state index is 10.2. The zero-order valence-corrected chi connectivity index (χ0v) is 7.12. The lowest BCUT2D eigenvalue weighted by atomic mass is 9.88. The quantitative estimate of drug-likeness (QED) is 0.509. The Kier molecular flexibility index (Phi) is 2.68. The van der Waals surface area contributed by atoms with Gasteiger partial charge in [0.05, 0.1) is 5.76 Å². The molecule has 0 aromatic rings. The molecule has 0 aliphatic heterocycles. The zero-order chi connectivity index (χ0) is 9.14.